The zero-order valence-corrected chi connectivity index (χ0v) is 12.4. The number of hydrogen-bond donors (Lipinski definition) is 1. The lowest BCUT2D eigenvalue weighted by Crippen LogP contribution is -2.56. The van der Waals surface area contributed by atoms with E-state index in [4.69, 9.17) is 11.6 Å². The Morgan fingerprint density at radius 1 is 1.56 bits per heavy atom. The third-order valence-electron chi connectivity index (χ3n) is 3.46. The third kappa shape index (κ3) is 3.05. The lowest BCUT2D eigenvalue weighted by Gasteiger charge is -2.36. The van der Waals surface area contributed by atoms with E-state index in [0.29, 0.717) is 6.54 Å². The van der Waals surface area contributed by atoms with E-state index in [-0.39, 0.29) is 5.91 Å². The molecule has 3 nitrogen and oxygen atoms in total. The zero-order valence-electron chi connectivity index (χ0n) is 10.8. The lowest BCUT2D eigenvalue weighted by molar-refractivity contribution is -0.137. The molecule has 0 aliphatic carbocycles. The van der Waals surface area contributed by atoms with Crippen LogP contribution >= 0.6 is 22.9 Å². The first-order valence-corrected chi connectivity index (χ1v) is 7.45. The van der Waals surface area contributed by atoms with Gasteiger partial charge in [0.15, 0.2) is 0 Å². The molecule has 0 radical (unpaired) electrons. The summed E-state index contributed by atoms with van der Waals surface area (Å²) in [7, 11) is 1.86. The molecule has 1 unspecified atom stereocenters. The Labute approximate surface area is 117 Å². The molecule has 1 aromatic rings. The summed E-state index contributed by atoms with van der Waals surface area (Å²) in [6.07, 6.45) is 3.20. The molecule has 2 rings (SSSR count). The van der Waals surface area contributed by atoms with Crippen LogP contribution in [0.15, 0.2) is 12.1 Å². The number of nitrogens with zero attached hydrogens (tertiary/aromatic N) is 1. The number of hydrogen-bond acceptors (Lipinski definition) is 3. The molecule has 5 heteroatoms. The minimum absolute atomic E-state index is 0.173. The first-order chi connectivity index (χ1) is 8.51. The second kappa shape index (κ2) is 5.59. The van der Waals surface area contributed by atoms with Gasteiger partial charge in [-0.25, -0.2) is 0 Å². The second-order valence-electron chi connectivity index (χ2n) is 5.08. The van der Waals surface area contributed by atoms with Gasteiger partial charge in [-0.3, -0.25) is 4.79 Å². The van der Waals surface area contributed by atoms with Crippen molar-refractivity contribution >= 4 is 28.8 Å². The Bertz CT molecular complexity index is 426. The van der Waals surface area contributed by atoms with Crippen LogP contribution in [0.3, 0.4) is 0 Å². The van der Waals surface area contributed by atoms with Gasteiger partial charge in [-0.1, -0.05) is 11.6 Å². The van der Waals surface area contributed by atoms with Gasteiger partial charge in [0.2, 0.25) is 5.91 Å². The van der Waals surface area contributed by atoms with Crippen LogP contribution in [0.2, 0.25) is 4.34 Å². The van der Waals surface area contributed by atoms with Gasteiger partial charge in [-0.05, 0) is 44.9 Å². The van der Waals surface area contributed by atoms with E-state index in [1.54, 1.807) is 4.90 Å². The molecular formula is C13H19ClN2OS. The normalized spacial score (nSPS) is 23.9. The number of likely N-dealkylation sites (N-methyl/N-ethyl adjacent to an activating group) is 1. The van der Waals surface area contributed by atoms with Crippen LogP contribution in [0.5, 0.6) is 0 Å². The Hall–Kier alpha value is -0.580. The maximum atomic E-state index is 12.5. The predicted octanol–water partition coefficient (Wildman–Crippen LogP) is 2.89. The number of nitrogens with one attached hydrogen (secondary N) is 1. The summed E-state index contributed by atoms with van der Waals surface area (Å²) >= 11 is 7.43. The Balaban J connectivity index is 1.99. The van der Waals surface area contributed by atoms with Crippen molar-refractivity contribution in [3.63, 3.8) is 0 Å². The van der Waals surface area contributed by atoms with Crippen molar-refractivity contribution in [3.8, 4) is 0 Å². The minimum atomic E-state index is -0.395. The highest BCUT2D eigenvalue weighted by molar-refractivity contribution is 7.16. The van der Waals surface area contributed by atoms with Crippen LogP contribution < -0.4 is 5.32 Å². The second-order valence-corrected chi connectivity index (χ2v) is 6.88. The van der Waals surface area contributed by atoms with Crippen molar-refractivity contribution in [1.29, 1.82) is 0 Å². The molecule has 1 fully saturated rings. The van der Waals surface area contributed by atoms with Crippen LogP contribution in [0.25, 0.3) is 0 Å². The summed E-state index contributed by atoms with van der Waals surface area (Å²) in [6, 6.07) is 3.86. The number of halogens is 1. The van der Waals surface area contributed by atoms with Crippen molar-refractivity contribution < 1.29 is 4.79 Å². The number of carbonyl (C=O) groups is 1. The molecule has 1 amide bonds. The molecule has 1 aliphatic rings. The standard InChI is InChI=1S/C13H19ClN2OS/c1-13(7-3-4-8-15-13)12(17)16(2)9-10-5-6-11(14)18-10/h5-6,15H,3-4,7-9H2,1-2H3. The Kier molecular flexibility index (Phi) is 4.30. The minimum Gasteiger partial charge on any atom is -0.339 e. The number of rotatable bonds is 3. The molecule has 100 valence electrons. The molecular weight excluding hydrogens is 268 g/mol. The van der Waals surface area contributed by atoms with Crippen LogP contribution in [-0.4, -0.2) is 29.9 Å². The highest BCUT2D eigenvalue weighted by Gasteiger charge is 2.36. The van der Waals surface area contributed by atoms with Gasteiger partial charge >= 0.3 is 0 Å². The van der Waals surface area contributed by atoms with Crippen molar-refractivity contribution in [1.82, 2.24) is 10.2 Å². The number of carbonyl (C=O) groups excluding carboxylic acids is 1. The molecule has 1 saturated heterocycles. The molecule has 0 bridgehead atoms. The molecule has 1 aromatic heterocycles. The van der Waals surface area contributed by atoms with Crippen molar-refractivity contribution in [2.75, 3.05) is 13.6 Å². The summed E-state index contributed by atoms with van der Waals surface area (Å²) in [5, 5.41) is 3.35. The fraction of sp³-hybridized carbons (Fsp3) is 0.615. The van der Waals surface area contributed by atoms with E-state index < -0.39 is 5.54 Å². The number of amides is 1. The first kappa shape index (κ1) is 13.8. The van der Waals surface area contributed by atoms with Crippen LogP contribution in [0, 0.1) is 0 Å². The summed E-state index contributed by atoms with van der Waals surface area (Å²) in [6.45, 7) is 3.57. The summed E-state index contributed by atoms with van der Waals surface area (Å²) in [5.74, 6) is 0.173. The van der Waals surface area contributed by atoms with Gasteiger partial charge in [-0.15, -0.1) is 11.3 Å². The largest absolute Gasteiger partial charge is 0.339 e. The van der Waals surface area contributed by atoms with Crippen LogP contribution in [-0.2, 0) is 11.3 Å². The maximum Gasteiger partial charge on any atom is 0.242 e. The van der Waals surface area contributed by atoms with Crippen molar-refractivity contribution in [2.45, 2.75) is 38.3 Å². The average Bonchev–Trinajstić information content (AvgIpc) is 2.74. The van der Waals surface area contributed by atoms with Crippen LogP contribution in [0.4, 0.5) is 0 Å². The fourth-order valence-corrected chi connectivity index (χ4v) is 3.54. The monoisotopic (exact) mass is 286 g/mol. The smallest absolute Gasteiger partial charge is 0.242 e. The predicted molar refractivity (Wildman–Crippen MR) is 76.1 cm³/mol. The molecule has 0 saturated carbocycles. The molecule has 0 aromatic carbocycles. The van der Waals surface area contributed by atoms with E-state index in [9.17, 15) is 4.79 Å². The summed E-state index contributed by atoms with van der Waals surface area (Å²) < 4.78 is 0.771. The van der Waals surface area contributed by atoms with Gasteiger partial charge < -0.3 is 10.2 Å². The number of piperidine rings is 1. The van der Waals surface area contributed by atoms with Gasteiger partial charge in [0, 0.05) is 11.9 Å². The molecule has 2 heterocycles. The Morgan fingerprint density at radius 2 is 2.33 bits per heavy atom. The van der Waals surface area contributed by atoms with Crippen molar-refractivity contribution in [3.05, 3.63) is 21.3 Å². The van der Waals surface area contributed by atoms with E-state index in [1.165, 1.54) is 11.3 Å². The van der Waals surface area contributed by atoms with Crippen LogP contribution in [0.1, 0.15) is 31.1 Å². The average molecular weight is 287 g/mol. The lowest BCUT2D eigenvalue weighted by atomic mass is 9.89. The van der Waals surface area contributed by atoms with Crippen molar-refractivity contribution in [2.24, 2.45) is 0 Å². The third-order valence-corrected chi connectivity index (χ3v) is 4.68. The highest BCUT2D eigenvalue weighted by atomic mass is 35.5. The molecule has 1 atom stereocenters. The first-order valence-electron chi connectivity index (χ1n) is 6.26. The fourth-order valence-electron chi connectivity index (χ4n) is 2.40. The Morgan fingerprint density at radius 3 is 2.89 bits per heavy atom. The number of thiophene rings is 1. The van der Waals surface area contributed by atoms with E-state index in [2.05, 4.69) is 5.32 Å². The molecule has 0 spiro atoms. The summed E-state index contributed by atoms with van der Waals surface area (Å²) in [5.41, 5.74) is -0.395. The highest BCUT2D eigenvalue weighted by Crippen LogP contribution is 2.25. The van der Waals surface area contributed by atoms with Gasteiger partial charge in [0.25, 0.3) is 0 Å². The van der Waals surface area contributed by atoms with E-state index in [0.717, 1.165) is 35.0 Å². The van der Waals surface area contributed by atoms with Gasteiger partial charge in [-0.2, -0.15) is 0 Å². The molecule has 1 aliphatic heterocycles. The van der Waals surface area contributed by atoms with E-state index >= 15 is 0 Å². The summed E-state index contributed by atoms with van der Waals surface area (Å²) in [4.78, 5) is 15.4. The van der Waals surface area contributed by atoms with Gasteiger partial charge in [0.1, 0.15) is 0 Å². The molecule has 1 N–H and O–H groups in total. The zero-order chi connectivity index (χ0) is 13.2. The van der Waals surface area contributed by atoms with E-state index in [1.807, 2.05) is 26.1 Å². The molecule has 18 heavy (non-hydrogen) atoms. The quantitative estimate of drug-likeness (QED) is 0.927. The maximum absolute atomic E-state index is 12.5. The SMILES string of the molecule is CN(Cc1ccc(Cl)s1)C(=O)C1(C)CCCCN1. The topological polar surface area (TPSA) is 32.3 Å². The van der Waals surface area contributed by atoms with Gasteiger partial charge in [0.05, 0.1) is 16.4 Å².